The zero-order chi connectivity index (χ0) is 21.0. The lowest BCUT2D eigenvalue weighted by molar-refractivity contribution is -0.121. The predicted octanol–water partition coefficient (Wildman–Crippen LogP) is 1.14. The van der Waals surface area contributed by atoms with E-state index in [-0.39, 0.29) is 12.3 Å². The maximum absolute atomic E-state index is 12.3. The van der Waals surface area contributed by atoms with Crippen molar-refractivity contribution in [2.75, 3.05) is 0 Å². The van der Waals surface area contributed by atoms with Gasteiger partial charge in [0.05, 0.1) is 17.8 Å². The van der Waals surface area contributed by atoms with Crippen LogP contribution in [-0.2, 0) is 17.8 Å². The van der Waals surface area contributed by atoms with Gasteiger partial charge >= 0.3 is 0 Å². The summed E-state index contributed by atoms with van der Waals surface area (Å²) >= 11 is 0. The molecule has 0 spiro atoms. The van der Waals surface area contributed by atoms with Crippen LogP contribution in [0.3, 0.4) is 0 Å². The maximum Gasteiger partial charge on any atom is 0.269 e. The number of carbonyl (C=O) groups excluding carboxylic acids is 2. The summed E-state index contributed by atoms with van der Waals surface area (Å²) in [5.74, 6) is -0.259. The van der Waals surface area contributed by atoms with E-state index in [1.165, 1.54) is 11.0 Å². The lowest BCUT2D eigenvalue weighted by atomic mass is 10.1. The first-order chi connectivity index (χ1) is 13.8. The number of carbonyl (C=O) groups is 2. The van der Waals surface area contributed by atoms with Crippen molar-refractivity contribution in [1.82, 2.24) is 40.8 Å². The van der Waals surface area contributed by atoms with Crippen molar-refractivity contribution in [1.29, 1.82) is 0 Å². The summed E-state index contributed by atoms with van der Waals surface area (Å²) in [5, 5.41) is 15.4. The highest BCUT2D eigenvalue weighted by Gasteiger charge is 2.16. The second kappa shape index (κ2) is 8.63. The normalized spacial score (nSPS) is 10.9. The van der Waals surface area contributed by atoms with E-state index in [1.807, 2.05) is 18.5 Å². The number of amides is 2. The van der Waals surface area contributed by atoms with Crippen LogP contribution in [-0.4, -0.2) is 41.8 Å². The Labute approximate surface area is 168 Å². The minimum absolute atomic E-state index is 0.147. The van der Waals surface area contributed by atoms with Gasteiger partial charge in [0.15, 0.2) is 0 Å². The standard InChI is InChI=1S/C19H24N8O2/c1-12(2)10-26-14(4)17(13(3)23-26)9-18(28)21-22-19(29)15-5-7-16(8-6-15)27-11-20-24-25-27/h5-8,11-12H,9-10H2,1-4H3,(H,21,28)(H,22,29). The Kier molecular flexibility index (Phi) is 6.01. The highest BCUT2D eigenvalue weighted by molar-refractivity contribution is 5.95. The molecule has 0 fully saturated rings. The number of hydrazine groups is 1. The second-order valence-corrected chi connectivity index (χ2v) is 7.21. The van der Waals surface area contributed by atoms with Gasteiger partial charge in [-0.15, -0.1) is 5.10 Å². The van der Waals surface area contributed by atoms with Crippen LogP contribution in [0.1, 0.15) is 41.2 Å². The number of hydrogen-bond acceptors (Lipinski definition) is 6. The summed E-state index contributed by atoms with van der Waals surface area (Å²) < 4.78 is 3.40. The van der Waals surface area contributed by atoms with Gasteiger partial charge in [-0.05, 0) is 54.5 Å². The summed E-state index contributed by atoms with van der Waals surface area (Å²) in [6, 6.07) is 6.68. The minimum Gasteiger partial charge on any atom is -0.273 e. The number of tetrazole rings is 1. The van der Waals surface area contributed by atoms with E-state index in [9.17, 15) is 9.59 Å². The number of nitrogens with zero attached hydrogens (tertiary/aromatic N) is 6. The van der Waals surface area contributed by atoms with Gasteiger partial charge in [-0.25, -0.2) is 4.68 Å². The molecule has 0 bridgehead atoms. The predicted molar refractivity (Wildman–Crippen MR) is 105 cm³/mol. The molecule has 0 aliphatic carbocycles. The van der Waals surface area contributed by atoms with Crippen molar-refractivity contribution in [2.45, 2.75) is 40.7 Å². The fourth-order valence-electron chi connectivity index (χ4n) is 2.96. The highest BCUT2D eigenvalue weighted by atomic mass is 16.2. The topological polar surface area (TPSA) is 120 Å². The molecule has 2 amide bonds. The lowest BCUT2D eigenvalue weighted by Gasteiger charge is -2.09. The van der Waals surface area contributed by atoms with Gasteiger partial charge in [0.2, 0.25) is 5.91 Å². The third-order valence-corrected chi connectivity index (χ3v) is 4.47. The van der Waals surface area contributed by atoms with Crippen LogP contribution in [0.15, 0.2) is 30.6 Å². The molecule has 1 aromatic carbocycles. The molecular weight excluding hydrogens is 372 g/mol. The molecule has 0 aliphatic heterocycles. The van der Waals surface area contributed by atoms with Crippen LogP contribution in [0.5, 0.6) is 0 Å². The molecule has 0 atom stereocenters. The molecule has 0 saturated heterocycles. The Bertz CT molecular complexity index is 990. The maximum atomic E-state index is 12.3. The third-order valence-electron chi connectivity index (χ3n) is 4.47. The van der Waals surface area contributed by atoms with Crippen molar-refractivity contribution >= 4 is 11.8 Å². The molecule has 2 heterocycles. The number of nitrogens with one attached hydrogen (secondary N) is 2. The van der Waals surface area contributed by atoms with Crippen LogP contribution >= 0.6 is 0 Å². The Hall–Kier alpha value is -3.56. The fourth-order valence-corrected chi connectivity index (χ4v) is 2.96. The summed E-state index contributed by atoms with van der Waals surface area (Å²) in [5.41, 5.74) is 8.69. The smallest absolute Gasteiger partial charge is 0.269 e. The van der Waals surface area contributed by atoms with Crippen molar-refractivity contribution < 1.29 is 9.59 Å². The molecule has 0 unspecified atom stereocenters. The van der Waals surface area contributed by atoms with Crippen molar-refractivity contribution in [3.05, 3.63) is 53.1 Å². The molecule has 0 saturated carbocycles. The van der Waals surface area contributed by atoms with E-state index in [2.05, 4.69) is 45.3 Å². The molecular formula is C19H24N8O2. The Balaban J connectivity index is 1.57. The average Bonchev–Trinajstić information content (AvgIpc) is 3.31. The first-order valence-corrected chi connectivity index (χ1v) is 9.30. The van der Waals surface area contributed by atoms with Gasteiger partial charge in [-0.2, -0.15) is 5.10 Å². The third kappa shape index (κ3) is 4.84. The molecule has 2 N–H and O–H groups in total. The van der Waals surface area contributed by atoms with Crippen LogP contribution in [0.4, 0.5) is 0 Å². The first-order valence-electron chi connectivity index (χ1n) is 9.30. The van der Waals surface area contributed by atoms with E-state index in [4.69, 9.17) is 0 Å². The zero-order valence-corrected chi connectivity index (χ0v) is 16.9. The largest absolute Gasteiger partial charge is 0.273 e. The monoisotopic (exact) mass is 396 g/mol. The lowest BCUT2D eigenvalue weighted by Crippen LogP contribution is -2.42. The molecule has 3 aromatic rings. The molecule has 29 heavy (non-hydrogen) atoms. The second-order valence-electron chi connectivity index (χ2n) is 7.21. The zero-order valence-electron chi connectivity index (χ0n) is 16.9. The molecule has 0 aliphatic rings. The van der Waals surface area contributed by atoms with E-state index in [0.29, 0.717) is 11.5 Å². The number of aryl methyl sites for hydroxylation is 1. The average molecular weight is 396 g/mol. The fraction of sp³-hybridized carbons (Fsp3) is 0.368. The van der Waals surface area contributed by atoms with Gasteiger partial charge in [-0.3, -0.25) is 25.1 Å². The van der Waals surface area contributed by atoms with Crippen molar-refractivity contribution in [2.24, 2.45) is 5.92 Å². The molecule has 10 nitrogen and oxygen atoms in total. The molecule has 152 valence electrons. The summed E-state index contributed by atoms with van der Waals surface area (Å²) in [6.07, 6.45) is 1.61. The van der Waals surface area contributed by atoms with E-state index in [0.717, 1.165) is 29.2 Å². The van der Waals surface area contributed by atoms with Crippen molar-refractivity contribution in [3.8, 4) is 5.69 Å². The minimum atomic E-state index is -0.412. The summed E-state index contributed by atoms with van der Waals surface area (Å²) in [4.78, 5) is 24.6. The van der Waals surface area contributed by atoms with Crippen molar-refractivity contribution in [3.63, 3.8) is 0 Å². The number of benzene rings is 1. The summed E-state index contributed by atoms with van der Waals surface area (Å²) in [7, 11) is 0. The number of rotatable bonds is 6. The van der Waals surface area contributed by atoms with Crippen LogP contribution in [0.25, 0.3) is 5.69 Å². The van der Waals surface area contributed by atoms with Gasteiger partial charge in [0.25, 0.3) is 5.91 Å². The quantitative estimate of drug-likeness (QED) is 0.603. The van der Waals surface area contributed by atoms with Crippen LogP contribution in [0.2, 0.25) is 0 Å². The number of hydrogen-bond donors (Lipinski definition) is 2. The Morgan fingerprint density at radius 3 is 2.45 bits per heavy atom. The van der Waals surface area contributed by atoms with Crippen LogP contribution < -0.4 is 10.9 Å². The molecule has 2 aromatic heterocycles. The van der Waals surface area contributed by atoms with Gasteiger partial charge < -0.3 is 0 Å². The number of aromatic nitrogens is 6. The van der Waals surface area contributed by atoms with E-state index < -0.39 is 5.91 Å². The van der Waals surface area contributed by atoms with E-state index in [1.54, 1.807) is 24.3 Å². The Morgan fingerprint density at radius 1 is 1.10 bits per heavy atom. The SMILES string of the molecule is Cc1nn(CC(C)C)c(C)c1CC(=O)NNC(=O)c1ccc(-n2cnnn2)cc1. The first kappa shape index (κ1) is 20.2. The van der Waals surface area contributed by atoms with Gasteiger partial charge in [0.1, 0.15) is 6.33 Å². The Morgan fingerprint density at radius 2 is 1.83 bits per heavy atom. The molecule has 10 heteroatoms. The highest BCUT2D eigenvalue weighted by Crippen LogP contribution is 2.15. The molecule has 3 rings (SSSR count). The van der Waals surface area contributed by atoms with Crippen LogP contribution in [0, 0.1) is 19.8 Å². The van der Waals surface area contributed by atoms with E-state index >= 15 is 0 Å². The molecule has 0 radical (unpaired) electrons. The van der Waals surface area contributed by atoms with Gasteiger partial charge in [-0.1, -0.05) is 13.8 Å². The summed E-state index contributed by atoms with van der Waals surface area (Å²) in [6.45, 7) is 8.88. The van der Waals surface area contributed by atoms with Gasteiger partial charge in [0, 0.05) is 23.4 Å².